The summed E-state index contributed by atoms with van der Waals surface area (Å²) in [7, 11) is 0. The molecule has 1 aromatic heterocycles. The highest BCUT2D eigenvalue weighted by molar-refractivity contribution is 6.39. The Bertz CT molecular complexity index is 1270. The van der Waals surface area contributed by atoms with E-state index in [0.717, 1.165) is 4.90 Å². The van der Waals surface area contributed by atoms with E-state index in [1.54, 1.807) is 30.3 Å². The van der Waals surface area contributed by atoms with Crippen molar-refractivity contribution >= 4 is 46.9 Å². The second kappa shape index (κ2) is 7.88. The number of urea groups is 1. The van der Waals surface area contributed by atoms with Crippen molar-refractivity contribution in [2.75, 3.05) is 4.90 Å². The molecule has 0 bridgehead atoms. The molecule has 10 heteroatoms. The zero-order chi connectivity index (χ0) is 22.1. The molecule has 0 aliphatic carbocycles. The second-order valence-corrected chi connectivity index (χ2v) is 6.82. The first-order chi connectivity index (χ1) is 14.8. The van der Waals surface area contributed by atoms with E-state index in [1.165, 1.54) is 36.4 Å². The van der Waals surface area contributed by atoms with Crippen molar-refractivity contribution in [3.8, 4) is 11.3 Å². The van der Waals surface area contributed by atoms with Crippen molar-refractivity contribution in [1.29, 1.82) is 0 Å². The average Bonchev–Trinajstić information content (AvgIpc) is 3.20. The lowest BCUT2D eigenvalue weighted by Crippen LogP contribution is -2.54. The number of carbonyl (C=O) groups is 3. The monoisotopic (exact) mass is 437 g/mol. The Morgan fingerprint density at radius 3 is 2.48 bits per heavy atom. The standard InChI is InChI=1S/C21H12ClN3O6/c22-17-8-6-13(25(29)30)10-15(17)18-9-7-14(31-18)11-16-19(26)23-21(28)24(20(16)27)12-4-2-1-3-5-12/h1-11H,(H,23,26,28)/b16-11+. The Morgan fingerprint density at radius 2 is 1.77 bits per heavy atom. The van der Waals surface area contributed by atoms with Crippen molar-refractivity contribution in [3.63, 3.8) is 0 Å². The molecule has 1 aliphatic heterocycles. The van der Waals surface area contributed by atoms with E-state index < -0.39 is 22.8 Å². The number of hydrogen-bond acceptors (Lipinski definition) is 6. The number of hydrogen-bond donors (Lipinski definition) is 1. The summed E-state index contributed by atoms with van der Waals surface area (Å²) in [6.45, 7) is 0. The normalized spacial score (nSPS) is 15.3. The number of halogens is 1. The predicted octanol–water partition coefficient (Wildman–Crippen LogP) is 4.17. The first-order valence-electron chi connectivity index (χ1n) is 8.86. The highest BCUT2D eigenvalue weighted by Crippen LogP contribution is 2.33. The number of nitrogens with one attached hydrogen (secondary N) is 1. The van der Waals surface area contributed by atoms with Crippen molar-refractivity contribution in [1.82, 2.24) is 5.32 Å². The molecule has 1 saturated heterocycles. The minimum atomic E-state index is -0.867. The quantitative estimate of drug-likeness (QED) is 0.283. The highest BCUT2D eigenvalue weighted by atomic mass is 35.5. The second-order valence-electron chi connectivity index (χ2n) is 6.42. The lowest BCUT2D eigenvalue weighted by atomic mass is 10.1. The maximum Gasteiger partial charge on any atom is 0.335 e. The molecule has 1 N–H and O–H groups in total. The van der Waals surface area contributed by atoms with Crippen LogP contribution in [0.2, 0.25) is 5.02 Å². The molecule has 0 saturated carbocycles. The molecule has 2 heterocycles. The third-order valence-corrected chi connectivity index (χ3v) is 4.79. The van der Waals surface area contributed by atoms with Gasteiger partial charge in [-0.15, -0.1) is 0 Å². The van der Waals surface area contributed by atoms with Crippen LogP contribution in [0.4, 0.5) is 16.2 Å². The number of carbonyl (C=O) groups excluding carboxylic acids is 3. The largest absolute Gasteiger partial charge is 0.457 e. The lowest BCUT2D eigenvalue weighted by molar-refractivity contribution is -0.384. The van der Waals surface area contributed by atoms with E-state index in [-0.39, 0.29) is 33.4 Å². The number of nitro benzene ring substituents is 1. The summed E-state index contributed by atoms with van der Waals surface area (Å²) >= 11 is 6.13. The maximum atomic E-state index is 12.8. The molecule has 4 amide bonds. The first kappa shape index (κ1) is 20.0. The number of amides is 4. The fraction of sp³-hybridized carbons (Fsp3) is 0. The molecular formula is C21H12ClN3O6. The third kappa shape index (κ3) is 3.81. The first-order valence-corrected chi connectivity index (χ1v) is 9.23. The average molecular weight is 438 g/mol. The maximum absolute atomic E-state index is 12.8. The van der Waals surface area contributed by atoms with E-state index >= 15 is 0 Å². The molecule has 0 spiro atoms. The smallest absolute Gasteiger partial charge is 0.335 e. The number of benzene rings is 2. The van der Waals surface area contributed by atoms with Gasteiger partial charge in [-0.25, -0.2) is 9.69 Å². The Balaban J connectivity index is 1.69. The summed E-state index contributed by atoms with van der Waals surface area (Å²) < 4.78 is 5.63. The van der Waals surface area contributed by atoms with Crippen LogP contribution in [-0.4, -0.2) is 22.8 Å². The van der Waals surface area contributed by atoms with Crippen LogP contribution in [0.5, 0.6) is 0 Å². The van der Waals surface area contributed by atoms with Crippen molar-refractivity contribution in [2.45, 2.75) is 0 Å². The summed E-state index contributed by atoms with van der Waals surface area (Å²) in [4.78, 5) is 48.6. The number of nitro groups is 1. The van der Waals surface area contributed by atoms with Gasteiger partial charge in [-0.3, -0.25) is 25.0 Å². The minimum Gasteiger partial charge on any atom is -0.457 e. The molecule has 0 radical (unpaired) electrons. The molecule has 0 unspecified atom stereocenters. The van der Waals surface area contributed by atoms with E-state index in [2.05, 4.69) is 5.32 Å². The Labute approximate surface area is 179 Å². The van der Waals surface area contributed by atoms with E-state index in [4.69, 9.17) is 16.0 Å². The van der Waals surface area contributed by atoms with Gasteiger partial charge in [0.05, 0.1) is 15.6 Å². The van der Waals surface area contributed by atoms with Gasteiger partial charge in [-0.1, -0.05) is 29.8 Å². The summed E-state index contributed by atoms with van der Waals surface area (Å²) in [6.07, 6.45) is 1.19. The Kier molecular flexibility index (Phi) is 5.10. The van der Waals surface area contributed by atoms with Gasteiger partial charge in [-0.05, 0) is 36.4 Å². The van der Waals surface area contributed by atoms with Crippen molar-refractivity contribution in [2.24, 2.45) is 0 Å². The van der Waals surface area contributed by atoms with Crippen LogP contribution < -0.4 is 10.2 Å². The molecule has 3 aromatic rings. The number of imide groups is 2. The van der Waals surface area contributed by atoms with Gasteiger partial charge in [0, 0.05) is 17.7 Å². The van der Waals surface area contributed by atoms with Crippen LogP contribution >= 0.6 is 11.6 Å². The molecule has 1 aliphatic rings. The number of nitrogens with zero attached hydrogens (tertiary/aromatic N) is 2. The molecule has 4 rings (SSSR count). The zero-order valence-corrected chi connectivity index (χ0v) is 16.3. The number of rotatable bonds is 4. The van der Waals surface area contributed by atoms with E-state index in [0.29, 0.717) is 5.69 Å². The Hall–Kier alpha value is -4.24. The van der Waals surface area contributed by atoms with Gasteiger partial charge in [0.25, 0.3) is 17.5 Å². The summed E-state index contributed by atoms with van der Waals surface area (Å²) in [6, 6.07) is 14.1. The van der Waals surface area contributed by atoms with Gasteiger partial charge < -0.3 is 4.42 Å². The minimum absolute atomic E-state index is 0.124. The van der Waals surface area contributed by atoms with Gasteiger partial charge >= 0.3 is 6.03 Å². The van der Waals surface area contributed by atoms with E-state index in [1.807, 2.05) is 0 Å². The topological polar surface area (TPSA) is 123 Å². The molecular weight excluding hydrogens is 426 g/mol. The fourth-order valence-electron chi connectivity index (χ4n) is 3.00. The van der Waals surface area contributed by atoms with Crippen LogP contribution in [-0.2, 0) is 9.59 Å². The van der Waals surface area contributed by atoms with Crippen LogP contribution in [0.1, 0.15) is 5.76 Å². The predicted molar refractivity (Wildman–Crippen MR) is 111 cm³/mol. The van der Waals surface area contributed by atoms with Crippen molar-refractivity contribution < 1.29 is 23.7 Å². The molecule has 9 nitrogen and oxygen atoms in total. The number of furan rings is 1. The lowest BCUT2D eigenvalue weighted by Gasteiger charge is -2.26. The number of non-ortho nitro benzene ring substituents is 1. The number of anilines is 1. The zero-order valence-electron chi connectivity index (χ0n) is 15.6. The summed E-state index contributed by atoms with van der Waals surface area (Å²) in [5.41, 5.74) is 0.0944. The van der Waals surface area contributed by atoms with Crippen LogP contribution in [0, 0.1) is 10.1 Å². The third-order valence-electron chi connectivity index (χ3n) is 4.46. The molecule has 31 heavy (non-hydrogen) atoms. The SMILES string of the molecule is O=C1NC(=O)N(c2ccccc2)C(=O)/C1=C/c1ccc(-c2cc([N+](=O)[O-])ccc2Cl)o1. The molecule has 2 aromatic carbocycles. The number of para-hydroxylation sites is 1. The van der Waals surface area contributed by atoms with Gasteiger partial charge in [-0.2, -0.15) is 0 Å². The Morgan fingerprint density at radius 1 is 1.03 bits per heavy atom. The highest BCUT2D eigenvalue weighted by Gasteiger charge is 2.37. The fourth-order valence-corrected chi connectivity index (χ4v) is 3.21. The van der Waals surface area contributed by atoms with Gasteiger partial charge in [0.15, 0.2) is 0 Å². The van der Waals surface area contributed by atoms with E-state index in [9.17, 15) is 24.5 Å². The summed E-state index contributed by atoms with van der Waals surface area (Å²) in [5, 5.41) is 13.4. The van der Waals surface area contributed by atoms with Crippen LogP contribution in [0.15, 0.2) is 70.7 Å². The van der Waals surface area contributed by atoms with Crippen LogP contribution in [0.25, 0.3) is 17.4 Å². The molecule has 0 atom stereocenters. The molecule has 1 fully saturated rings. The summed E-state index contributed by atoms with van der Waals surface area (Å²) in [5.74, 6) is -1.35. The van der Waals surface area contributed by atoms with Crippen LogP contribution in [0.3, 0.4) is 0 Å². The van der Waals surface area contributed by atoms with Crippen molar-refractivity contribution in [3.05, 3.63) is 87.1 Å². The molecule has 154 valence electrons. The van der Waals surface area contributed by atoms with Gasteiger partial charge in [0.1, 0.15) is 17.1 Å². The number of barbiturate groups is 1. The van der Waals surface area contributed by atoms with Gasteiger partial charge in [0.2, 0.25) is 0 Å².